The second-order valence-corrected chi connectivity index (χ2v) is 7.47. The van der Waals surface area contributed by atoms with Crippen LogP contribution >= 0.6 is 0 Å². The van der Waals surface area contributed by atoms with Gasteiger partial charge in [0.15, 0.2) is 5.69 Å². The van der Waals surface area contributed by atoms with Crippen molar-refractivity contribution < 1.29 is 14.3 Å². The Morgan fingerprint density at radius 2 is 2.27 bits per heavy atom. The minimum absolute atomic E-state index is 0.0155. The number of carbonyl (C=O) groups excluding carboxylic acids is 1. The maximum absolute atomic E-state index is 13.3. The highest BCUT2D eigenvalue weighted by atomic mass is 16.5. The number of para-hydroxylation sites is 1. The van der Waals surface area contributed by atoms with Crippen molar-refractivity contribution in [3.63, 3.8) is 0 Å². The van der Waals surface area contributed by atoms with E-state index >= 15 is 0 Å². The first-order valence-corrected chi connectivity index (χ1v) is 9.55. The monoisotopic (exact) mass is 357 g/mol. The zero-order chi connectivity index (χ0) is 18.1. The van der Waals surface area contributed by atoms with Gasteiger partial charge in [-0.05, 0) is 32.3 Å². The average Bonchev–Trinajstić information content (AvgIpc) is 3.02. The number of piperidine rings is 1. The molecule has 0 N–H and O–H groups in total. The number of hydrogen-bond acceptors (Lipinski definition) is 4. The zero-order valence-electron chi connectivity index (χ0n) is 15.6. The predicted octanol–water partition coefficient (Wildman–Crippen LogP) is 2.62. The smallest absolute Gasteiger partial charge is 0.275 e. The van der Waals surface area contributed by atoms with Crippen molar-refractivity contribution in [3.8, 4) is 0 Å². The van der Waals surface area contributed by atoms with Crippen molar-refractivity contribution in [3.05, 3.63) is 30.0 Å². The van der Waals surface area contributed by atoms with Crippen LogP contribution in [0.3, 0.4) is 0 Å². The molecular weight excluding hydrogens is 330 g/mol. The lowest BCUT2D eigenvalue weighted by Gasteiger charge is -2.50. The Hall–Kier alpha value is -1.92. The molecule has 2 aliphatic heterocycles. The molecule has 2 saturated heterocycles. The summed E-state index contributed by atoms with van der Waals surface area (Å²) >= 11 is 0. The minimum Gasteiger partial charge on any atom is -0.381 e. The van der Waals surface area contributed by atoms with Crippen LogP contribution in [0.4, 0.5) is 0 Å². The van der Waals surface area contributed by atoms with Gasteiger partial charge in [0.25, 0.3) is 5.91 Å². The van der Waals surface area contributed by atoms with E-state index in [2.05, 4.69) is 5.10 Å². The number of hydrogen-bond donors (Lipinski definition) is 0. The highest BCUT2D eigenvalue weighted by Gasteiger charge is 2.47. The zero-order valence-corrected chi connectivity index (χ0v) is 15.6. The number of benzene rings is 1. The molecule has 0 aliphatic carbocycles. The molecule has 2 atom stereocenters. The van der Waals surface area contributed by atoms with Gasteiger partial charge in [-0.2, -0.15) is 5.10 Å². The van der Waals surface area contributed by atoms with Gasteiger partial charge in [0.2, 0.25) is 0 Å². The summed E-state index contributed by atoms with van der Waals surface area (Å²) in [6, 6.07) is 7.90. The summed E-state index contributed by atoms with van der Waals surface area (Å²) in [6.07, 6.45) is 3.12. The van der Waals surface area contributed by atoms with Gasteiger partial charge in [-0.25, -0.2) is 0 Å². The standard InChI is InChI=1S/C20H27N3O3/c1-3-25-14-20-10-6-12-26-17(20)9-11-23(13-20)19(24)18-15-7-4-5-8-16(15)22(2)21-18/h4-5,7-8,17H,3,6,9-14H2,1-2H3/t17-,20-/m0/s1. The highest BCUT2D eigenvalue weighted by molar-refractivity contribution is 6.04. The lowest BCUT2D eigenvalue weighted by molar-refractivity contribution is -0.146. The van der Waals surface area contributed by atoms with Gasteiger partial charge in [-0.3, -0.25) is 9.48 Å². The molecule has 140 valence electrons. The second kappa shape index (κ2) is 7.00. The Bertz CT molecular complexity index is 803. The van der Waals surface area contributed by atoms with E-state index in [-0.39, 0.29) is 17.4 Å². The largest absolute Gasteiger partial charge is 0.381 e. The van der Waals surface area contributed by atoms with Crippen LogP contribution in [-0.4, -0.2) is 59.6 Å². The van der Waals surface area contributed by atoms with Crippen LogP contribution in [-0.2, 0) is 16.5 Å². The van der Waals surface area contributed by atoms with Gasteiger partial charge in [0.05, 0.1) is 18.2 Å². The highest BCUT2D eigenvalue weighted by Crippen LogP contribution is 2.41. The van der Waals surface area contributed by atoms with E-state index < -0.39 is 0 Å². The lowest BCUT2D eigenvalue weighted by Crippen LogP contribution is -2.58. The van der Waals surface area contributed by atoms with E-state index in [1.54, 1.807) is 4.68 Å². The van der Waals surface area contributed by atoms with Crippen molar-refractivity contribution >= 4 is 16.8 Å². The molecule has 4 rings (SSSR count). The molecule has 1 aromatic heterocycles. The first-order chi connectivity index (χ1) is 12.6. The fourth-order valence-corrected chi connectivity index (χ4v) is 4.50. The Balaban J connectivity index is 1.62. The summed E-state index contributed by atoms with van der Waals surface area (Å²) in [6.45, 7) is 5.57. The van der Waals surface area contributed by atoms with Gasteiger partial charge in [0.1, 0.15) is 0 Å². The summed E-state index contributed by atoms with van der Waals surface area (Å²) < 4.78 is 13.6. The van der Waals surface area contributed by atoms with Crippen molar-refractivity contribution in [2.75, 3.05) is 32.9 Å². The van der Waals surface area contributed by atoms with E-state index in [1.165, 1.54) is 0 Å². The van der Waals surface area contributed by atoms with Crippen LogP contribution in [0, 0.1) is 5.41 Å². The van der Waals surface area contributed by atoms with Crippen molar-refractivity contribution in [2.45, 2.75) is 32.3 Å². The Morgan fingerprint density at radius 3 is 3.12 bits per heavy atom. The van der Waals surface area contributed by atoms with Crippen LogP contribution in [0.2, 0.25) is 0 Å². The molecule has 2 fully saturated rings. The molecular formula is C20H27N3O3. The van der Waals surface area contributed by atoms with Crippen molar-refractivity contribution in [2.24, 2.45) is 12.5 Å². The number of ether oxygens (including phenoxy) is 2. The maximum Gasteiger partial charge on any atom is 0.275 e. The molecule has 0 radical (unpaired) electrons. The SMILES string of the molecule is CCOC[C@@]12CCCO[C@H]1CCN(C(=O)c1nn(C)c3ccccc13)C2. The summed E-state index contributed by atoms with van der Waals surface area (Å²) in [4.78, 5) is 15.2. The molecule has 1 aromatic carbocycles. The third kappa shape index (κ3) is 2.91. The number of amides is 1. The first-order valence-electron chi connectivity index (χ1n) is 9.55. The third-order valence-electron chi connectivity index (χ3n) is 5.83. The number of fused-ring (bicyclic) bond motifs is 2. The number of aryl methyl sites for hydroxylation is 1. The summed E-state index contributed by atoms with van der Waals surface area (Å²) in [5, 5.41) is 5.43. The first kappa shape index (κ1) is 17.5. The van der Waals surface area contributed by atoms with Crippen LogP contribution < -0.4 is 0 Å². The van der Waals surface area contributed by atoms with E-state index in [1.807, 2.05) is 43.1 Å². The summed E-state index contributed by atoms with van der Waals surface area (Å²) in [5.41, 5.74) is 1.44. The maximum atomic E-state index is 13.3. The molecule has 0 spiro atoms. The average molecular weight is 357 g/mol. The van der Waals surface area contributed by atoms with E-state index in [0.29, 0.717) is 32.0 Å². The van der Waals surface area contributed by atoms with E-state index in [4.69, 9.17) is 9.47 Å². The number of likely N-dealkylation sites (tertiary alicyclic amines) is 1. The number of carbonyl (C=O) groups is 1. The van der Waals surface area contributed by atoms with Crippen molar-refractivity contribution in [1.29, 1.82) is 0 Å². The van der Waals surface area contributed by atoms with Crippen LogP contribution in [0.25, 0.3) is 10.9 Å². The molecule has 26 heavy (non-hydrogen) atoms. The van der Waals surface area contributed by atoms with Crippen LogP contribution in [0.15, 0.2) is 24.3 Å². The Morgan fingerprint density at radius 1 is 1.42 bits per heavy atom. The summed E-state index contributed by atoms with van der Waals surface area (Å²) in [7, 11) is 1.89. The molecule has 6 heteroatoms. The molecule has 0 saturated carbocycles. The lowest BCUT2D eigenvalue weighted by atomic mass is 9.73. The molecule has 1 amide bonds. The van der Waals surface area contributed by atoms with Gasteiger partial charge in [-0.15, -0.1) is 0 Å². The molecule has 0 unspecified atom stereocenters. The predicted molar refractivity (Wildman–Crippen MR) is 99.1 cm³/mol. The van der Waals surface area contributed by atoms with E-state index in [0.717, 1.165) is 36.8 Å². The van der Waals surface area contributed by atoms with Gasteiger partial charge >= 0.3 is 0 Å². The number of rotatable bonds is 4. The quantitative estimate of drug-likeness (QED) is 0.844. The van der Waals surface area contributed by atoms with Gasteiger partial charge in [-0.1, -0.05) is 18.2 Å². The normalized spacial score (nSPS) is 26.1. The molecule has 0 bridgehead atoms. The van der Waals surface area contributed by atoms with Crippen LogP contribution in [0.1, 0.15) is 36.7 Å². The molecule has 3 heterocycles. The fourth-order valence-electron chi connectivity index (χ4n) is 4.50. The van der Waals surface area contributed by atoms with E-state index in [9.17, 15) is 4.79 Å². The Kier molecular flexibility index (Phi) is 4.71. The second-order valence-electron chi connectivity index (χ2n) is 7.47. The number of aromatic nitrogens is 2. The number of nitrogens with zero attached hydrogens (tertiary/aromatic N) is 3. The molecule has 6 nitrogen and oxygen atoms in total. The molecule has 2 aliphatic rings. The third-order valence-corrected chi connectivity index (χ3v) is 5.83. The van der Waals surface area contributed by atoms with Crippen molar-refractivity contribution in [1.82, 2.24) is 14.7 Å². The van der Waals surface area contributed by atoms with Gasteiger partial charge < -0.3 is 14.4 Å². The fraction of sp³-hybridized carbons (Fsp3) is 0.600. The minimum atomic E-state index is -0.0905. The Labute approximate surface area is 154 Å². The van der Waals surface area contributed by atoms with Gasteiger partial charge in [0, 0.05) is 44.2 Å². The molecule has 2 aromatic rings. The topological polar surface area (TPSA) is 56.6 Å². The summed E-state index contributed by atoms with van der Waals surface area (Å²) in [5.74, 6) is 0.0155. The van der Waals surface area contributed by atoms with Crippen LogP contribution in [0.5, 0.6) is 0 Å².